The van der Waals surface area contributed by atoms with Crippen LogP contribution in [-0.2, 0) is 9.53 Å². The molecule has 2 heterocycles. The topological polar surface area (TPSA) is 65.9 Å². The van der Waals surface area contributed by atoms with Crippen LogP contribution in [-0.4, -0.2) is 66.4 Å². The van der Waals surface area contributed by atoms with Crippen LogP contribution >= 0.6 is 11.3 Å². The quantitative estimate of drug-likeness (QED) is 0.797. The van der Waals surface area contributed by atoms with Gasteiger partial charge in [-0.05, 0) is 6.92 Å². The second-order valence-electron chi connectivity index (χ2n) is 4.84. The third-order valence-corrected chi connectivity index (χ3v) is 4.05. The maximum atomic E-state index is 11.4. The average molecular weight is 285 g/mol. The Morgan fingerprint density at radius 1 is 1.53 bits per heavy atom. The van der Waals surface area contributed by atoms with E-state index in [1.165, 1.54) is 14.0 Å². The molecule has 0 spiro atoms. The number of carbonyl (C=O) groups excluding carboxylic acids is 1. The van der Waals surface area contributed by atoms with Gasteiger partial charge in [-0.15, -0.1) is 11.3 Å². The first kappa shape index (κ1) is 14.2. The van der Waals surface area contributed by atoms with Gasteiger partial charge in [0.1, 0.15) is 0 Å². The minimum absolute atomic E-state index is 0.297. The third kappa shape index (κ3) is 3.43. The number of anilines is 1. The number of β-amino-alcohol motifs (C(OH)–C–C–N with tert-alkyl or cyclic N) is 1. The molecule has 0 bridgehead atoms. The van der Waals surface area contributed by atoms with Crippen LogP contribution in [0.15, 0.2) is 11.6 Å². The van der Waals surface area contributed by atoms with E-state index < -0.39 is 11.6 Å². The Hall–Kier alpha value is -1.18. The zero-order valence-electron chi connectivity index (χ0n) is 11.2. The molecule has 1 unspecified atom stereocenters. The van der Waals surface area contributed by atoms with Gasteiger partial charge >= 0.3 is 5.97 Å². The molecule has 1 aromatic rings. The fraction of sp³-hybridized carbons (Fsp3) is 0.667. The van der Waals surface area contributed by atoms with Crippen LogP contribution in [0.4, 0.5) is 5.13 Å². The molecule has 1 aliphatic rings. The number of methoxy groups -OCH3 is 1. The van der Waals surface area contributed by atoms with Gasteiger partial charge in [0.25, 0.3) is 0 Å². The summed E-state index contributed by atoms with van der Waals surface area (Å²) >= 11 is 1.63. The summed E-state index contributed by atoms with van der Waals surface area (Å²) in [4.78, 5) is 20.0. The lowest BCUT2D eigenvalue weighted by Crippen LogP contribution is -2.53. The first-order chi connectivity index (χ1) is 9.03. The first-order valence-electron chi connectivity index (χ1n) is 6.20. The summed E-state index contributed by atoms with van der Waals surface area (Å²) in [5.41, 5.74) is -1.45. The lowest BCUT2D eigenvalue weighted by atomic mass is 10.1. The molecular weight excluding hydrogens is 266 g/mol. The van der Waals surface area contributed by atoms with Gasteiger partial charge in [0.05, 0.1) is 7.11 Å². The Bertz CT molecular complexity index is 414. The van der Waals surface area contributed by atoms with Crippen LogP contribution in [0, 0.1) is 0 Å². The maximum Gasteiger partial charge on any atom is 0.338 e. The molecule has 1 N–H and O–H groups in total. The van der Waals surface area contributed by atoms with Crippen LogP contribution in [0.5, 0.6) is 0 Å². The van der Waals surface area contributed by atoms with E-state index in [2.05, 4.69) is 19.5 Å². The smallest absolute Gasteiger partial charge is 0.338 e. The normalized spacial score (nSPS) is 20.1. The number of aromatic nitrogens is 1. The Morgan fingerprint density at radius 3 is 2.74 bits per heavy atom. The fourth-order valence-corrected chi connectivity index (χ4v) is 2.89. The molecule has 6 nitrogen and oxygen atoms in total. The Labute approximate surface area is 116 Å². The number of rotatable bonds is 4. The van der Waals surface area contributed by atoms with E-state index in [9.17, 15) is 9.90 Å². The number of esters is 1. The highest BCUT2D eigenvalue weighted by Gasteiger charge is 2.34. The summed E-state index contributed by atoms with van der Waals surface area (Å²) in [5, 5.41) is 13.0. The SMILES string of the molecule is COC(=O)C(C)(O)CN1CCN(c2nccs2)CC1. The molecule has 19 heavy (non-hydrogen) atoms. The molecule has 1 fully saturated rings. The molecule has 2 rings (SSSR count). The van der Waals surface area contributed by atoms with E-state index in [0.717, 1.165) is 31.3 Å². The molecular formula is C12H19N3O3S. The van der Waals surface area contributed by atoms with Crippen LogP contribution in [0.3, 0.4) is 0 Å². The van der Waals surface area contributed by atoms with Crippen molar-refractivity contribution in [2.24, 2.45) is 0 Å². The van der Waals surface area contributed by atoms with E-state index in [1.807, 2.05) is 5.38 Å². The average Bonchev–Trinajstić information content (AvgIpc) is 2.92. The number of hydrogen-bond acceptors (Lipinski definition) is 7. The summed E-state index contributed by atoms with van der Waals surface area (Å²) < 4.78 is 4.60. The van der Waals surface area contributed by atoms with E-state index in [4.69, 9.17) is 0 Å². The van der Waals surface area contributed by atoms with Gasteiger partial charge in [0.15, 0.2) is 10.7 Å². The third-order valence-electron chi connectivity index (χ3n) is 3.22. The van der Waals surface area contributed by atoms with Gasteiger partial charge in [0.2, 0.25) is 0 Å². The molecule has 0 saturated carbocycles. The summed E-state index contributed by atoms with van der Waals surface area (Å²) in [6.07, 6.45) is 1.80. The predicted molar refractivity (Wildman–Crippen MR) is 73.4 cm³/mol. The minimum atomic E-state index is -1.45. The number of thiazole rings is 1. The molecule has 7 heteroatoms. The number of aliphatic hydroxyl groups is 1. The fourth-order valence-electron chi connectivity index (χ4n) is 2.19. The van der Waals surface area contributed by atoms with Gasteiger partial charge in [-0.2, -0.15) is 0 Å². The summed E-state index contributed by atoms with van der Waals surface area (Å²) in [6, 6.07) is 0. The molecule has 0 radical (unpaired) electrons. The van der Waals surface area contributed by atoms with Gasteiger partial charge in [0, 0.05) is 44.3 Å². The van der Waals surface area contributed by atoms with E-state index in [0.29, 0.717) is 6.54 Å². The Morgan fingerprint density at radius 2 is 2.21 bits per heavy atom. The lowest BCUT2D eigenvalue weighted by Gasteiger charge is -2.37. The summed E-state index contributed by atoms with van der Waals surface area (Å²) in [6.45, 7) is 5.09. The molecule has 0 aromatic carbocycles. The van der Waals surface area contributed by atoms with Crippen molar-refractivity contribution in [3.63, 3.8) is 0 Å². The van der Waals surface area contributed by atoms with Crippen LogP contribution in [0.25, 0.3) is 0 Å². The Kier molecular flexibility index (Phi) is 4.38. The Balaban J connectivity index is 1.85. The van der Waals surface area contributed by atoms with Crippen molar-refractivity contribution in [3.05, 3.63) is 11.6 Å². The largest absolute Gasteiger partial charge is 0.467 e. The lowest BCUT2D eigenvalue weighted by molar-refractivity contribution is -0.162. The second kappa shape index (κ2) is 5.85. The van der Waals surface area contributed by atoms with Crippen molar-refractivity contribution in [2.45, 2.75) is 12.5 Å². The van der Waals surface area contributed by atoms with Crippen molar-refractivity contribution >= 4 is 22.4 Å². The summed E-state index contributed by atoms with van der Waals surface area (Å²) in [5.74, 6) is -0.588. The monoisotopic (exact) mass is 285 g/mol. The molecule has 1 saturated heterocycles. The number of hydrogen-bond donors (Lipinski definition) is 1. The van der Waals surface area contributed by atoms with Crippen LogP contribution in [0.2, 0.25) is 0 Å². The van der Waals surface area contributed by atoms with Crippen molar-refractivity contribution in [3.8, 4) is 0 Å². The van der Waals surface area contributed by atoms with Gasteiger partial charge in [-0.25, -0.2) is 9.78 Å². The van der Waals surface area contributed by atoms with Crippen molar-refractivity contribution in [1.29, 1.82) is 0 Å². The van der Waals surface area contributed by atoms with Crippen LogP contribution < -0.4 is 4.90 Å². The highest BCUT2D eigenvalue weighted by atomic mass is 32.1. The van der Waals surface area contributed by atoms with Gasteiger partial charge < -0.3 is 14.7 Å². The molecule has 1 atom stereocenters. The number of piperazine rings is 1. The van der Waals surface area contributed by atoms with Crippen molar-refractivity contribution in [2.75, 3.05) is 44.7 Å². The maximum absolute atomic E-state index is 11.4. The number of ether oxygens (including phenoxy) is 1. The van der Waals surface area contributed by atoms with E-state index in [1.54, 1.807) is 17.5 Å². The molecule has 106 valence electrons. The number of carbonyl (C=O) groups is 1. The zero-order valence-corrected chi connectivity index (χ0v) is 12.0. The van der Waals surface area contributed by atoms with Gasteiger partial charge in [-0.3, -0.25) is 4.90 Å². The van der Waals surface area contributed by atoms with E-state index in [-0.39, 0.29) is 0 Å². The highest BCUT2D eigenvalue weighted by molar-refractivity contribution is 7.13. The van der Waals surface area contributed by atoms with Crippen molar-refractivity contribution < 1.29 is 14.6 Å². The molecule has 1 aromatic heterocycles. The van der Waals surface area contributed by atoms with Crippen LogP contribution in [0.1, 0.15) is 6.92 Å². The minimum Gasteiger partial charge on any atom is -0.467 e. The standard InChI is InChI=1S/C12H19N3O3S/c1-12(17,10(16)18-2)9-14-4-6-15(7-5-14)11-13-3-8-19-11/h3,8,17H,4-7,9H2,1-2H3. The second-order valence-corrected chi connectivity index (χ2v) is 5.72. The number of nitrogens with zero attached hydrogens (tertiary/aromatic N) is 3. The predicted octanol–water partition coefficient (Wildman–Crippen LogP) is 0.189. The van der Waals surface area contributed by atoms with E-state index >= 15 is 0 Å². The molecule has 0 aliphatic carbocycles. The van der Waals surface area contributed by atoms with Gasteiger partial charge in [-0.1, -0.05) is 0 Å². The zero-order chi connectivity index (χ0) is 13.9. The first-order valence-corrected chi connectivity index (χ1v) is 7.08. The molecule has 0 amide bonds. The molecule has 1 aliphatic heterocycles. The summed E-state index contributed by atoms with van der Waals surface area (Å²) in [7, 11) is 1.29. The van der Waals surface area contributed by atoms with Crippen molar-refractivity contribution in [1.82, 2.24) is 9.88 Å². The highest BCUT2D eigenvalue weighted by Crippen LogP contribution is 2.19.